The van der Waals surface area contributed by atoms with Crippen LogP contribution in [-0.2, 0) is 6.54 Å². The van der Waals surface area contributed by atoms with Gasteiger partial charge in [-0.1, -0.05) is 12.2 Å². The van der Waals surface area contributed by atoms with Crippen LogP contribution in [0, 0.1) is 0 Å². The van der Waals surface area contributed by atoms with Gasteiger partial charge in [0, 0.05) is 44.3 Å². The van der Waals surface area contributed by atoms with Crippen molar-refractivity contribution in [2.24, 2.45) is 5.73 Å². The van der Waals surface area contributed by atoms with Gasteiger partial charge in [-0.15, -0.1) is 0 Å². The highest BCUT2D eigenvalue weighted by Gasteiger charge is 2.16. The molecule has 2 aromatic heterocycles. The van der Waals surface area contributed by atoms with Crippen molar-refractivity contribution in [1.29, 1.82) is 0 Å². The minimum Gasteiger partial charge on any atom is -0.393 e. The molecule has 0 saturated carbocycles. The van der Waals surface area contributed by atoms with Gasteiger partial charge in [0.25, 0.3) is 5.91 Å². The van der Waals surface area contributed by atoms with Crippen LogP contribution >= 0.6 is 12.2 Å². The second kappa shape index (κ2) is 7.44. The minimum absolute atomic E-state index is 0.0869. The molecular weight excluding hydrogens is 284 g/mol. The van der Waals surface area contributed by atoms with Crippen LogP contribution in [0.2, 0.25) is 0 Å². The Balaban J connectivity index is 2.15. The lowest BCUT2D eigenvalue weighted by Crippen LogP contribution is -2.33. The van der Waals surface area contributed by atoms with Crippen molar-refractivity contribution in [1.82, 2.24) is 14.9 Å². The summed E-state index contributed by atoms with van der Waals surface area (Å²) in [7, 11) is 0. The van der Waals surface area contributed by atoms with E-state index in [9.17, 15) is 4.79 Å². The van der Waals surface area contributed by atoms with Gasteiger partial charge in [0.15, 0.2) is 0 Å². The molecule has 0 fully saturated rings. The minimum atomic E-state index is -0.0869. The SMILES string of the molecule is NC(=S)CCN(Cc1ccncc1)C(=O)c1cccnc1. The van der Waals surface area contributed by atoms with E-state index in [0.29, 0.717) is 30.1 Å². The van der Waals surface area contributed by atoms with Gasteiger partial charge in [0.05, 0.1) is 10.6 Å². The standard InChI is InChI=1S/C15H16N4OS/c16-14(21)5-9-19(11-12-3-7-17-8-4-12)15(20)13-2-1-6-18-10-13/h1-4,6-8,10H,5,9,11H2,(H2,16,21). The maximum absolute atomic E-state index is 12.5. The number of carbonyl (C=O) groups is 1. The van der Waals surface area contributed by atoms with Gasteiger partial charge in [0.2, 0.25) is 0 Å². The van der Waals surface area contributed by atoms with Crippen molar-refractivity contribution >= 4 is 23.1 Å². The molecule has 0 atom stereocenters. The van der Waals surface area contributed by atoms with Crippen LogP contribution in [0.3, 0.4) is 0 Å². The van der Waals surface area contributed by atoms with Crippen LogP contribution in [0.5, 0.6) is 0 Å². The molecule has 0 aliphatic rings. The largest absolute Gasteiger partial charge is 0.393 e. The molecule has 2 aromatic rings. The van der Waals surface area contributed by atoms with E-state index in [-0.39, 0.29) is 5.91 Å². The summed E-state index contributed by atoms with van der Waals surface area (Å²) < 4.78 is 0. The highest BCUT2D eigenvalue weighted by atomic mass is 32.1. The summed E-state index contributed by atoms with van der Waals surface area (Å²) in [6.45, 7) is 0.963. The Morgan fingerprint density at radius 3 is 2.57 bits per heavy atom. The number of thiocarbonyl (C=S) groups is 1. The molecule has 0 unspecified atom stereocenters. The Labute approximate surface area is 128 Å². The molecule has 108 valence electrons. The number of hydrogen-bond acceptors (Lipinski definition) is 4. The molecule has 0 aliphatic carbocycles. The topological polar surface area (TPSA) is 72.1 Å². The summed E-state index contributed by atoms with van der Waals surface area (Å²) in [5.41, 5.74) is 7.10. The van der Waals surface area contributed by atoms with E-state index >= 15 is 0 Å². The van der Waals surface area contributed by atoms with Crippen molar-refractivity contribution in [3.05, 3.63) is 60.2 Å². The molecule has 0 radical (unpaired) electrons. The van der Waals surface area contributed by atoms with Crippen LogP contribution in [0.1, 0.15) is 22.3 Å². The Hall–Kier alpha value is -2.34. The van der Waals surface area contributed by atoms with E-state index < -0.39 is 0 Å². The van der Waals surface area contributed by atoms with E-state index in [1.165, 1.54) is 0 Å². The summed E-state index contributed by atoms with van der Waals surface area (Å²) in [4.78, 5) is 22.6. The van der Waals surface area contributed by atoms with Gasteiger partial charge >= 0.3 is 0 Å². The first kappa shape index (κ1) is 15.1. The zero-order valence-corrected chi connectivity index (χ0v) is 12.3. The van der Waals surface area contributed by atoms with Gasteiger partial charge in [-0.2, -0.15) is 0 Å². The molecule has 2 heterocycles. The molecule has 1 amide bonds. The number of carbonyl (C=O) groups excluding carboxylic acids is 1. The Morgan fingerprint density at radius 1 is 1.19 bits per heavy atom. The second-order valence-electron chi connectivity index (χ2n) is 4.54. The zero-order chi connectivity index (χ0) is 15.1. The maximum Gasteiger partial charge on any atom is 0.255 e. The van der Waals surface area contributed by atoms with Gasteiger partial charge in [-0.3, -0.25) is 14.8 Å². The van der Waals surface area contributed by atoms with E-state index in [4.69, 9.17) is 18.0 Å². The lowest BCUT2D eigenvalue weighted by atomic mass is 10.2. The molecule has 6 heteroatoms. The zero-order valence-electron chi connectivity index (χ0n) is 11.5. The molecule has 21 heavy (non-hydrogen) atoms. The first-order valence-electron chi connectivity index (χ1n) is 6.53. The Kier molecular flexibility index (Phi) is 5.34. The average Bonchev–Trinajstić information content (AvgIpc) is 2.52. The van der Waals surface area contributed by atoms with E-state index in [1.807, 2.05) is 12.1 Å². The fraction of sp³-hybridized carbons (Fsp3) is 0.200. The highest BCUT2D eigenvalue weighted by Crippen LogP contribution is 2.09. The summed E-state index contributed by atoms with van der Waals surface area (Å²) in [5, 5.41) is 0. The number of rotatable bonds is 6. The molecular formula is C15H16N4OS. The van der Waals surface area contributed by atoms with Crippen molar-refractivity contribution in [2.45, 2.75) is 13.0 Å². The molecule has 0 bridgehead atoms. The van der Waals surface area contributed by atoms with Crippen molar-refractivity contribution in [3.8, 4) is 0 Å². The summed E-state index contributed by atoms with van der Waals surface area (Å²) in [5.74, 6) is -0.0869. The summed E-state index contributed by atoms with van der Waals surface area (Å²) >= 11 is 4.90. The van der Waals surface area contributed by atoms with Gasteiger partial charge in [0.1, 0.15) is 0 Å². The normalized spacial score (nSPS) is 10.1. The third-order valence-corrected chi connectivity index (χ3v) is 3.15. The van der Waals surface area contributed by atoms with Gasteiger partial charge < -0.3 is 10.6 Å². The van der Waals surface area contributed by atoms with Gasteiger partial charge in [-0.05, 0) is 29.8 Å². The number of hydrogen-bond donors (Lipinski definition) is 1. The van der Waals surface area contributed by atoms with Crippen molar-refractivity contribution < 1.29 is 4.79 Å². The predicted octanol–water partition coefficient (Wildman–Crippen LogP) is 1.80. The van der Waals surface area contributed by atoms with Crippen LogP contribution < -0.4 is 5.73 Å². The number of aromatic nitrogens is 2. The quantitative estimate of drug-likeness (QED) is 0.824. The third-order valence-electron chi connectivity index (χ3n) is 2.95. The molecule has 2 N–H and O–H groups in total. The van der Waals surface area contributed by atoms with E-state index in [1.54, 1.807) is 41.8 Å². The van der Waals surface area contributed by atoms with Crippen molar-refractivity contribution in [2.75, 3.05) is 6.54 Å². The molecule has 0 saturated heterocycles. The van der Waals surface area contributed by atoms with Gasteiger partial charge in [-0.25, -0.2) is 0 Å². The maximum atomic E-state index is 12.5. The Bertz CT molecular complexity index is 604. The molecule has 5 nitrogen and oxygen atoms in total. The highest BCUT2D eigenvalue weighted by molar-refractivity contribution is 7.80. The first-order chi connectivity index (χ1) is 10.2. The predicted molar refractivity (Wildman–Crippen MR) is 84.6 cm³/mol. The summed E-state index contributed by atoms with van der Waals surface area (Å²) in [6.07, 6.45) is 7.10. The average molecular weight is 300 g/mol. The van der Waals surface area contributed by atoms with Crippen LogP contribution in [0.25, 0.3) is 0 Å². The molecule has 0 aliphatic heterocycles. The van der Waals surface area contributed by atoms with Crippen molar-refractivity contribution in [3.63, 3.8) is 0 Å². The third kappa shape index (κ3) is 4.61. The fourth-order valence-electron chi connectivity index (χ4n) is 1.88. The molecule has 2 rings (SSSR count). The molecule has 0 aromatic carbocycles. The van der Waals surface area contributed by atoms with Crippen LogP contribution in [0.4, 0.5) is 0 Å². The number of nitrogens with two attached hydrogens (primary N) is 1. The summed E-state index contributed by atoms with van der Waals surface area (Å²) in [6, 6.07) is 7.25. The lowest BCUT2D eigenvalue weighted by molar-refractivity contribution is 0.0747. The number of nitrogens with zero attached hydrogens (tertiary/aromatic N) is 3. The fourth-order valence-corrected chi connectivity index (χ4v) is 1.97. The first-order valence-corrected chi connectivity index (χ1v) is 6.94. The van der Waals surface area contributed by atoms with E-state index in [0.717, 1.165) is 5.56 Å². The molecule has 0 spiro atoms. The number of pyridine rings is 2. The van der Waals surface area contributed by atoms with Crippen LogP contribution in [-0.4, -0.2) is 32.3 Å². The number of amides is 1. The smallest absolute Gasteiger partial charge is 0.255 e. The van der Waals surface area contributed by atoms with E-state index in [2.05, 4.69) is 9.97 Å². The Morgan fingerprint density at radius 2 is 1.95 bits per heavy atom. The lowest BCUT2D eigenvalue weighted by Gasteiger charge is -2.22. The monoisotopic (exact) mass is 300 g/mol. The second-order valence-corrected chi connectivity index (χ2v) is 5.06. The van der Waals surface area contributed by atoms with Crippen LogP contribution in [0.15, 0.2) is 49.1 Å².